The summed E-state index contributed by atoms with van der Waals surface area (Å²) in [6.45, 7) is 3.15. The van der Waals surface area contributed by atoms with Gasteiger partial charge >= 0.3 is 6.03 Å². The lowest BCUT2D eigenvalue weighted by Crippen LogP contribution is -2.41. The van der Waals surface area contributed by atoms with Gasteiger partial charge in [-0.05, 0) is 31.5 Å². The van der Waals surface area contributed by atoms with Gasteiger partial charge in [0.1, 0.15) is 5.54 Å². The van der Waals surface area contributed by atoms with Crippen molar-refractivity contribution in [3.63, 3.8) is 0 Å². The molecule has 6 nitrogen and oxygen atoms in total. The molecule has 1 saturated heterocycles. The number of hydrogen-bond donors (Lipinski definition) is 1. The molecule has 0 bridgehead atoms. The van der Waals surface area contributed by atoms with Crippen LogP contribution in [0.15, 0.2) is 48.5 Å². The van der Waals surface area contributed by atoms with Crippen molar-refractivity contribution in [1.82, 2.24) is 10.2 Å². The van der Waals surface area contributed by atoms with Gasteiger partial charge in [-0.15, -0.1) is 0 Å². The zero-order chi connectivity index (χ0) is 18.9. The first-order valence-corrected chi connectivity index (χ1v) is 8.10. The molecular formula is C20H17N3O3. The van der Waals surface area contributed by atoms with Gasteiger partial charge in [-0.2, -0.15) is 5.26 Å². The lowest BCUT2D eigenvalue weighted by molar-refractivity contribution is -0.130. The van der Waals surface area contributed by atoms with E-state index in [9.17, 15) is 14.4 Å². The topological polar surface area (TPSA) is 90.3 Å². The standard InChI is InChI=1S/C20H17N3O3/c1-13-6-8-15(9-7-13)17(24)12-23-18(25)20(2,22-19(23)26)16-5-3-4-14(10-16)11-21/h3-10H,12H2,1-2H3,(H,22,26)/t20-/m0/s1. The van der Waals surface area contributed by atoms with Gasteiger partial charge in [-0.25, -0.2) is 4.79 Å². The van der Waals surface area contributed by atoms with Gasteiger partial charge in [0.05, 0.1) is 18.2 Å². The molecule has 0 unspecified atom stereocenters. The monoisotopic (exact) mass is 347 g/mol. The van der Waals surface area contributed by atoms with E-state index >= 15 is 0 Å². The number of nitrogens with zero attached hydrogens (tertiary/aromatic N) is 2. The summed E-state index contributed by atoms with van der Waals surface area (Å²) >= 11 is 0. The van der Waals surface area contributed by atoms with Crippen LogP contribution in [0.5, 0.6) is 0 Å². The summed E-state index contributed by atoms with van der Waals surface area (Å²) < 4.78 is 0. The number of carbonyl (C=O) groups excluding carboxylic acids is 3. The first-order chi connectivity index (χ1) is 12.3. The van der Waals surface area contributed by atoms with Gasteiger partial charge in [0, 0.05) is 5.56 Å². The normalized spacial score (nSPS) is 19.2. The van der Waals surface area contributed by atoms with Crippen LogP contribution < -0.4 is 5.32 Å². The van der Waals surface area contributed by atoms with Gasteiger partial charge in [0.2, 0.25) is 0 Å². The summed E-state index contributed by atoms with van der Waals surface area (Å²) in [5.74, 6) is -0.832. The maximum Gasteiger partial charge on any atom is 0.325 e. The number of urea groups is 1. The third-order valence-corrected chi connectivity index (χ3v) is 4.52. The number of amides is 3. The Morgan fingerprint density at radius 1 is 1.19 bits per heavy atom. The Morgan fingerprint density at radius 3 is 2.54 bits per heavy atom. The Labute approximate surface area is 151 Å². The minimum Gasteiger partial charge on any atom is -0.319 e. The molecule has 2 aromatic carbocycles. The fraction of sp³-hybridized carbons (Fsp3) is 0.200. The van der Waals surface area contributed by atoms with Gasteiger partial charge in [0.25, 0.3) is 5.91 Å². The van der Waals surface area contributed by atoms with Crippen LogP contribution in [0, 0.1) is 18.3 Å². The second kappa shape index (κ2) is 6.45. The lowest BCUT2D eigenvalue weighted by atomic mass is 9.91. The number of imide groups is 1. The van der Waals surface area contributed by atoms with Gasteiger partial charge < -0.3 is 5.32 Å². The Balaban J connectivity index is 1.85. The summed E-state index contributed by atoms with van der Waals surface area (Å²) in [6, 6.07) is 14.8. The van der Waals surface area contributed by atoms with Crippen molar-refractivity contribution in [1.29, 1.82) is 5.26 Å². The van der Waals surface area contributed by atoms with Crippen LogP contribution in [-0.2, 0) is 10.3 Å². The van der Waals surface area contributed by atoms with E-state index in [1.807, 2.05) is 13.0 Å². The zero-order valence-corrected chi connectivity index (χ0v) is 14.4. The number of aryl methyl sites for hydroxylation is 1. The molecule has 1 N–H and O–H groups in total. The third-order valence-electron chi connectivity index (χ3n) is 4.52. The smallest absolute Gasteiger partial charge is 0.319 e. The second-order valence-electron chi connectivity index (χ2n) is 6.43. The van der Waals surface area contributed by atoms with Crippen molar-refractivity contribution < 1.29 is 14.4 Å². The summed E-state index contributed by atoms with van der Waals surface area (Å²) in [5.41, 5.74) is 1.04. The maximum absolute atomic E-state index is 12.9. The van der Waals surface area contributed by atoms with E-state index in [0.29, 0.717) is 16.7 Å². The lowest BCUT2D eigenvalue weighted by Gasteiger charge is -2.22. The van der Waals surface area contributed by atoms with Gasteiger partial charge in [-0.3, -0.25) is 14.5 Å². The van der Waals surface area contributed by atoms with Crippen LogP contribution in [0.2, 0.25) is 0 Å². The van der Waals surface area contributed by atoms with Crippen LogP contribution in [0.4, 0.5) is 4.79 Å². The molecule has 1 heterocycles. The fourth-order valence-corrected chi connectivity index (χ4v) is 2.91. The predicted octanol–water partition coefficient (Wildman–Crippen LogP) is 2.52. The molecule has 0 aromatic heterocycles. The first-order valence-electron chi connectivity index (χ1n) is 8.10. The number of hydrogen-bond acceptors (Lipinski definition) is 4. The molecule has 2 aromatic rings. The molecule has 0 aliphatic carbocycles. The largest absolute Gasteiger partial charge is 0.325 e. The molecule has 1 atom stereocenters. The number of nitriles is 1. The number of carbonyl (C=O) groups is 3. The first kappa shape index (κ1) is 17.4. The van der Waals surface area contributed by atoms with Crippen LogP contribution in [0.1, 0.15) is 34.0 Å². The van der Waals surface area contributed by atoms with Crippen LogP contribution in [0.3, 0.4) is 0 Å². The highest BCUT2D eigenvalue weighted by Crippen LogP contribution is 2.29. The molecule has 1 aliphatic rings. The quantitative estimate of drug-likeness (QED) is 0.680. The zero-order valence-electron chi connectivity index (χ0n) is 14.4. The Kier molecular flexibility index (Phi) is 4.31. The number of ketones is 1. The molecule has 130 valence electrons. The average molecular weight is 347 g/mol. The summed E-state index contributed by atoms with van der Waals surface area (Å²) in [7, 11) is 0. The van der Waals surface area contributed by atoms with Crippen molar-refractivity contribution in [3.05, 3.63) is 70.8 Å². The summed E-state index contributed by atoms with van der Waals surface area (Å²) in [4.78, 5) is 38.5. The Morgan fingerprint density at radius 2 is 1.88 bits per heavy atom. The average Bonchev–Trinajstić information content (AvgIpc) is 2.86. The predicted molar refractivity (Wildman–Crippen MR) is 94.3 cm³/mol. The van der Waals surface area contributed by atoms with Crippen molar-refractivity contribution in [2.75, 3.05) is 6.54 Å². The van der Waals surface area contributed by atoms with Crippen molar-refractivity contribution in [2.24, 2.45) is 0 Å². The highest BCUT2D eigenvalue weighted by molar-refractivity contribution is 6.11. The molecule has 0 spiro atoms. The van der Waals surface area contributed by atoms with E-state index < -0.39 is 17.5 Å². The molecule has 1 aliphatic heterocycles. The number of Topliss-reactive ketones (excluding diaryl/α,β-unsaturated/α-hetero) is 1. The van der Waals surface area contributed by atoms with E-state index in [1.54, 1.807) is 55.5 Å². The number of benzene rings is 2. The van der Waals surface area contributed by atoms with Crippen LogP contribution in [0.25, 0.3) is 0 Å². The minimum absolute atomic E-state index is 0.316. The maximum atomic E-state index is 12.9. The van der Waals surface area contributed by atoms with E-state index in [0.717, 1.165) is 10.5 Å². The number of rotatable bonds is 4. The molecule has 3 amide bonds. The molecular weight excluding hydrogens is 330 g/mol. The van der Waals surface area contributed by atoms with E-state index in [2.05, 4.69) is 5.32 Å². The highest BCUT2D eigenvalue weighted by Gasteiger charge is 2.49. The fourth-order valence-electron chi connectivity index (χ4n) is 2.91. The Bertz CT molecular complexity index is 944. The minimum atomic E-state index is -1.31. The van der Waals surface area contributed by atoms with Crippen LogP contribution in [-0.4, -0.2) is 29.2 Å². The second-order valence-corrected chi connectivity index (χ2v) is 6.43. The van der Waals surface area contributed by atoms with Crippen molar-refractivity contribution in [2.45, 2.75) is 19.4 Å². The molecule has 6 heteroatoms. The molecule has 3 rings (SSSR count). The molecule has 26 heavy (non-hydrogen) atoms. The number of nitrogens with one attached hydrogen (secondary N) is 1. The van der Waals surface area contributed by atoms with Crippen molar-refractivity contribution >= 4 is 17.7 Å². The van der Waals surface area contributed by atoms with Crippen molar-refractivity contribution in [3.8, 4) is 6.07 Å². The third kappa shape index (κ3) is 2.95. The summed E-state index contributed by atoms with van der Waals surface area (Å²) in [6.07, 6.45) is 0. The Hall–Kier alpha value is -3.46. The van der Waals surface area contributed by atoms with Gasteiger partial charge in [-0.1, -0.05) is 42.0 Å². The van der Waals surface area contributed by atoms with E-state index in [1.165, 1.54) is 0 Å². The van der Waals surface area contributed by atoms with E-state index in [-0.39, 0.29) is 12.3 Å². The van der Waals surface area contributed by atoms with E-state index in [4.69, 9.17) is 5.26 Å². The van der Waals surface area contributed by atoms with Crippen LogP contribution >= 0.6 is 0 Å². The SMILES string of the molecule is Cc1ccc(C(=O)CN2C(=O)N[C@@](C)(c3cccc(C#N)c3)C2=O)cc1. The molecule has 1 fully saturated rings. The molecule has 0 radical (unpaired) electrons. The highest BCUT2D eigenvalue weighted by atomic mass is 16.2. The van der Waals surface area contributed by atoms with Gasteiger partial charge in [0.15, 0.2) is 5.78 Å². The summed E-state index contributed by atoms with van der Waals surface area (Å²) in [5, 5.41) is 11.7. The molecule has 0 saturated carbocycles.